The summed E-state index contributed by atoms with van der Waals surface area (Å²) in [6.45, 7) is 3.04. The van der Waals surface area contributed by atoms with Gasteiger partial charge in [0, 0.05) is 24.8 Å². The van der Waals surface area contributed by atoms with Crippen LogP contribution >= 0.6 is 0 Å². The summed E-state index contributed by atoms with van der Waals surface area (Å²) < 4.78 is 13.0. The highest BCUT2D eigenvalue weighted by molar-refractivity contribution is 6.01. The monoisotopic (exact) mass is 266 g/mol. The first-order chi connectivity index (χ1) is 9.04. The normalized spacial score (nSPS) is 17.8. The first kappa shape index (κ1) is 13.5. The van der Waals surface area contributed by atoms with E-state index in [1.165, 1.54) is 0 Å². The molecule has 1 saturated heterocycles. The van der Waals surface area contributed by atoms with E-state index in [-0.39, 0.29) is 6.42 Å². The zero-order chi connectivity index (χ0) is 13.8. The molecule has 0 amide bonds. The van der Waals surface area contributed by atoms with Gasteiger partial charge in [0.1, 0.15) is 17.8 Å². The molecule has 1 aliphatic rings. The van der Waals surface area contributed by atoms with Gasteiger partial charge in [0.25, 0.3) is 0 Å². The first-order valence-electron chi connectivity index (χ1n) is 6.36. The predicted molar refractivity (Wildman–Crippen MR) is 72.7 cm³/mol. The lowest BCUT2D eigenvalue weighted by molar-refractivity contribution is 0.202. The Labute approximate surface area is 111 Å². The minimum atomic E-state index is -0.734. The molecule has 2 heterocycles. The van der Waals surface area contributed by atoms with E-state index in [0.29, 0.717) is 43.4 Å². The fraction of sp³-hybridized carbons (Fsp3) is 0.583. The van der Waals surface area contributed by atoms with Crippen molar-refractivity contribution in [1.29, 1.82) is 5.41 Å². The molecule has 1 aliphatic heterocycles. The van der Waals surface area contributed by atoms with Crippen LogP contribution in [0.3, 0.4) is 0 Å². The number of aromatic nitrogens is 2. The van der Waals surface area contributed by atoms with E-state index in [1.54, 1.807) is 6.07 Å². The SMILES string of the molecule is Cc1cc(N=C(N)CC(=N)N2CCC(F)CC2)n[nH]1. The zero-order valence-electron chi connectivity index (χ0n) is 11.0. The largest absolute Gasteiger partial charge is 0.387 e. The standard InChI is InChI=1S/C12H19FN6/c1-8-6-12(18-17-8)16-10(14)7-11(15)19-4-2-9(13)3-5-19/h6,9,15H,2-5,7H2,1H3,(H3,14,16,17,18). The van der Waals surface area contributed by atoms with Crippen molar-refractivity contribution < 1.29 is 4.39 Å². The number of aromatic amines is 1. The molecule has 0 aromatic carbocycles. The van der Waals surface area contributed by atoms with Crippen molar-refractivity contribution in [2.45, 2.75) is 32.4 Å². The number of piperidine rings is 1. The van der Waals surface area contributed by atoms with Gasteiger partial charge in [-0.15, -0.1) is 0 Å². The third-order valence-corrected chi connectivity index (χ3v) is 3.11. The Bertz CT molecular complexity index is 472. The minimum absolute atomic E-state index is 0.267. The maximum Gasteiger partial charge on any atom is 0.175 e. The second-order valence-electron chi connectivity index (χ2n) is 4.80. The maximum atomic E-state index is 13.0. The van der Waals surface area contributed by atoms with Crippen molar-refractivity contribution in [3.63, 3.8) is 0 Å². The van der Waals surface area contributed by atoms with Gasteiger partial charge in [-0.25, -0.2) is 9.38 Å². The number of nitrogens with two attached hydrogens (primary N) is 1. The molecule has 0 atom stereocenters. The molecule has 1 fully saturated rings. The molecule has 0 spiro atoms. The molecular weight excluding hydrogens is 247 g/mol. The van der Waals surface area contributed by atoms with Crippen LogP contribution in [0.5, 0.6) is 0 Å². The van der Waals surface area contributed by atoms with Gasteiger partial charge in [-0.3, -0.25) is 10.5 Å². The third kappa shape index (κ3) is 3.77. The highest BCUT2D eigenvalue weighted by atomic mass is 19.1. The molecule has 0 bridgehead atoms. The topological polar surface area (TPSA) is 94.2 Å². The molecule has 1 aromatic heterocycles. The molecule has 2 rings (SSSR count). The van der Waals surface area contributed by atoms with E-state index in [2.05, 4.69) is 15.2 Å². The third-order valence-electron chi connectivity index (χ3n) is 3.11. The predicted octanol–water partition coefficient (Wildman–Crippen LogP) is 1.51. The fourth-order valence-corrected chi connectivity index (χ4v) is 2.05. The van der Waals surface area contributed by atoms with Crippen LogP contribution in [0.4, 0.5) is 10.2 Å². The van der Waals surface area contributed by atoms with Crippen LogP contribution < -0.4 is 5.73 Å². The number of hydrogen-bond acceptors (Lipinski definition) is 3. The highest BCUT2D eigenvalue weighted by Gasteiger charge is 2.20. The van der Waals surface area contributed by atoms with E-state index in [0.717, 1.165) is 5.69 Å². The number of amidine groups is 2. The molecule has 0 saturated carbocycles. The Morgan fingerprint density at radius 2 is 2.32 bits per heavy atom. The number of aliphatic imine (C=N–C) groups is 1. The molecular formula is C12H19FN6. The van der Waals surface area contributed by atoms with Gasteiger partial charge in [-0.1, -0.05) is 0 Å². The summed E-state index contributed by atoms with van der Waals surface area (Å²) in [5.74, 6) is 1.25. The van der Waals surface area contributed by atoms with E-state index in [4.69, 9.17) is 11.1 Å². The van der Waals surface area contributed by atoms with Crippen LogP contribution in [0.15, 0.2) is 11.1 Å². The fourth-order valence-electron chi connectivity index (χ4n) is 2.05. The van der Waals surface area contributed by atoms with Gasteiger partial charge in [-0.2, -0.15) is 5.10 Å². The lowest BCUT2D eigenvalue weighted by atomic mass is 10.1. The summed E-state index contributed by atoms with van der Waals surface area (Å²) in [5, 5.41) is 14.7. The summed E-state index contributed by atoms with van der Waals surface area (Å²) >= 11 is 0. The Kier molecular flexibility index (Phi) is 4.13. The smallest absolute Gasteiger partial charge is 0.175 e. The number of halogens is 1. The van der Waals surface area contributed by atoms with Gasteiger partial charge in [0.05, 0.1) is 6.42 Å². The van der Waals surface area contributed by atoms with E-state index in [1.807, 2.05) is 11.8 Å². The Hall–Kier alpha value is -1.92. The lowest BCUT2D eigenvalue weighted by Crippen LogP contribution is -2.40. The van der Waals surface area contributed by atoms with Crippen molar-refractivity contribution in [2.24, 2.45) is 10.7 Å². The number of nitrogens with zero attached hydrogens (tertiary/aromatic N) is 3. The van der Waals surface area contributed by atoms with Crippen molar-refractivity contribution >= 4 is 17.5 Å². The van der Waals surface area contributed by atoms with Gasteiger partial charge >= 0.3 is 0 Å². The maximum absolute atomic E-state index is 13.0. The number of rotatable bonds is 3. The van der Waals surface area contributed by atoms with Crippen molar-refractivity contribution in [3.8, 4) is 0 Å². The van der Waals surface area contributed by atoms with Crippen molar-refractivity contribution in [3.05, 3.63) is 11.8 Å². The molecule has 6 nitrogen and oxygen atoms in total. The van der Waals surface area contributed by atoms with E-state index < -0.39 is 6.17 Å². The number of alkyl halides is 1. The molecule has 19 heavy (non-hydrogen) atoms. The molecule has 0 unspecified atom stereocenters. The Balaban J connectivity index is 1.89. The molecule has 104 valence electrons. The molecule has 0 aliphatic carbocycles. The van der Waals surface area contributed by atoms with E-state index >= 15 is 0 Å². The average molecular weight is 266 g/mol. The van der Waals surface area contributed by atoms with Gasteiger partial charge in [-0.05, 0) is 19.8 Å². The summed E-state index contributed by atoms with van der Waals surface area (Å²) in [6, 6.07) is 1.78. The molecule has 4 N–H and O–H groups in total. The van der Waals surface area contributed by atoms with E-state index in [9.17, 15) is 4.39 Å². The van der Waals surface area contributed by atoms with Gasteiger partial charge in [0.2, 0.25) is 0 Å². The van der Waals surface area contributed by atoms with Crippen LogP contribution in [0, 0.1) is 12.3 Å². The van der Waals surface area contributed by atoms with Gasteiger partial charge < -0.3 is 10.6 Å². The highest BCUT2D eigenvalue weighted by Crippen LogP contribution is 2.14. The molecule has 1 aromatic rings. The van der Waals surface area contributed by atoms with Crippen LogP contribution in [0.25, 0.3) is 0 Å². The number of H-pyrrole nitrogens is 1. The number of nitrogens with one attached hydrogen (secondary N) is 2. The Morgan fingerprint density at radius 3 is 2.89 bits per heavy atom. The summed E-state index contributed by atoms with van der Waals surface area (Å²) in [6.07, 6.45) is 0.501. The minimum Gasteiger partial charge on any atom is -0.387 e. The summed E-state index contributed by atoms with van der Waals surface area (Å²) in [5.41, 5.74) is 6.71. The van der Waals surface area contributed by atoms with Crippen LogP contribution in [0.2, 0.25) is 0 Å². The van der Waals surface area contributed by atoms with Crippen molar-refractivity contribution in [1.82, 2.24) is 15.1 Å². The summed E-state index contributed by atoms with van der Waals surface area (Å²) in [7, 11) is 0. The second-order valence-corrected chi connectivity index (χ2v) is 4.80. The van der Waals surface area contributed by atoms with Crippen LogP contribution in [-0.2, 0) is 0 Å². The molecule has 0 radical (unpaired) electrons. The lowest BCUT2D eigenvalue weighted by Gasteiger charge is -2.30. The molecule has 7 heteroatoms. The zero-order valence-corrected chi connectivity index (χ0v) is 11.0. The number of likely N-dealkylation sites (tertiary alicyclic amines) is 1. The number of hydrogen-bond donors (Lipinski definition) is 3. The average Bonchev–Trinajstić information content (AvgIpc) is 2.75. The Morgan fingerprint density at radius 1 is 1.63 bits per heavy atom. The summed E-state index contributed by atoms with van der Waals surface area (Å²) in [4.78, 5) is 6.00. The quantitative estimate of drug-likeness (QED) is 0.571. The van der Waals surface area contributed by atoms with Gasteiger partial charge in [0.15, 0.2) is 5.82 Å². The van der Waals surface area contributed by atoms with Crippen LogP contribution in [0.1, 0.15) is 25.0 Å². The first-order valence-corrected chi connectivity index (χ1v) is 6.36. The van der Waals surface area contributed by atoms with Crippen LogP contribution in [-0.4, -0.2) is 46.0 Å². The number of aryl methyl sites for hydroxylation is 1. The van der Waals surface area contributed by atoms with Crippen molar-refractivity contribution in [2.75, 3.05) is 13.1 Å². The second kappa shape index (κ2) is 5.81.